The zero-order valence-electron chi connectivity index (χ0n) is 20.8. The van der Waals surface area contributed by atoms with Crippen LogP contribution < -0.4 is 15.8 Å². The molecule has 214 valence electrons. The van der Waals surface area contributed by atoms with E-state index in [9.17, 15) is 35.9 Å². The summed E-state index contributed by atoms with van der Waals surface area (Å²) >= 11 is 0. The summed E-state index contributed by atoms with van der Waals surface area (Å²) in [5.41, 5.74) is -3.60. The van der Waals surface area contributed by atoms with Crippen LogP contribution in [0.4, 0.5) is 38.0 Å². The summed E-state index contributed by atoms with van der Waals surface area (Å²) < 4.78 is 80.5. The maximum absolute atomic E-state index is 13.5. The van der Waals surface area contributed by atoms with E-state index < -0.39 is 40.8 Å². The number of piperazine rings is 1. The molecule has 2 aliphatic rings. The van der Waals surface area contributed by atoms with Crippen LogP contribution in [0.1, 0.15) is 46.8 Å². The highest BCUT2D eigenvalue weighted by Crippen LogP contribution is 2.37. The van der Waals surface area contributed by atoms with Crippen LogP contribution >= 0.6 is 0 Å². The van der Waals surface area contributed by atoms with Gasteiger partial charge in [0.05, 0.1) is 29.1 Å². The number of hydrogen-bond acceptors (Lipinski definition) is 7. The van der Waals surface area contributed by atoms with Gasteiger partial charge in [-0.1, -0.05) is 0 Å². The van der Waals surface area contributed by atoms with Gasteiger partial charge in [0.2, 0.25) is 5.95 Å². The molecule has 2 N–H and O–H groups in total. The molecule has 4 heterocycles. The number of carbonyl (C=O) groups excluding carboxylic acids is 1. The first-order chi connectivity index (χ1) is 18.9. The predicted molar refractivity (Wildman–Crippen MR) is 130 cm³/mol. The molecule has 0 bridgehead atoms. The summed E-state index contributed by atoms with van der Waals surface area (Å²) in [6.07, 6.45) is -1.69. The maximum Gasteiger partial charge on any atom is 0.423 e. The number of nitrogens with one attached hydrogen (secondary N) is 2. The second-order valence-corrected chi connectivity index (χ2v) is 9.63. The molecule has 3 aromatic rings. The molecule has 1 saturated carbocycles. The summed E-state index contributed by atoms with van der Waals surface area (Å²) in [6.45, 7) is 1.27. The molecule has 16 heteroatoms. The van der Waals surface area contributed by atoms with Crippen LogP contribution in [0.5, 0.6) is 0 Å². The van der Waals surface area contributed by atoms with Crippen LogP contribution in [-0.4, -0.2) is 67.8 Å². The van der Waals surface area contributed by atoms with Gasteiger partial charge in [-0.25, -0.2) is 15.1 Å². The quantitative estimate of drug-likeness (QED) is 0.451. The zero-order chi connectivity index (χ0) is 28.7. The van der Waals surface area contributed by atoms with Gasteiger partial charge in [-0.15, -0.1) is 0 Å². The zero-order valence-corrected chi connectivity index (χ0v) is 20.8. The van der Waals surface area contributed by atoms with E-state index in [0.29, 0.717) is 44.6 Å². The van der Waals surface area contributed by atoms with Crippen molar-refractivity contribution in [2.75, 3.05) is 36.4 Å². The number of aromatic nitrogens is 5. The van der Waals surface area contributed by atoms with E-state index in [2.05, 4.69) is 20.4 Å². The van der Waals surface area contributed by atoms with E-state index in [1.165, 1.54) is 0 Å². The molecular weight excluding hydrogens is 546 g/mol. The fourth-order valence-corrected chi connectivity index (χ4v) is 5.12. The lowest BCUT2D eigenvalue weighted by Gasteiger charge is -2.34. The smallest absolute Gasteiger partial charge is 0.378 e. The minimum Gasteiger partial charge on any atom is -0.378 e. The lowest BCUT2D eigenvalue weighted by molar-refractivity contribution is -0.139. The average Bonchev–Trinajstić information content (AvgIpc) is 3.57. The molecule has 10 nitrogen and oxygen atoms in total. The van der Waals surface area contributed by atoms with Gasteiger partial charge in [0.15, 0.2) is 0 Å². The second kappa shape index (κ2) is 10.5. The van der Waals surface area contributed by atoms with E-state index in [1.807, 2.05) is 5.10 Å². The van der Waals surface area contributed by atoms with Gasteiger partial charge in [-0.05, 0) is 25.3 Å². The Hall–Kier alpha value is -4.11. The van der Waals surface area contributed by atoms with E-state index in [-0.39, 0.29) is 17.9 Å². The highest BCUT2D eigenvalue weighted by molar-refractivity contribution is 5.94. The lowest BCUT2D eigenvalue weighted by Crippen LogP contribution is -2.49. The number of rotatable bonds is 5. The first-order valence-corrected chi connectivity index (χ1v) is 12.4. The minimum atomic E-state index is -4.86. The summed E-state index contributed by atoms with van der Waals surface area (Å²) in [4.78, 5) is 35.9. The third-order valence-corrected chi connectivity index (χ3v) is 7.12. The summed E-state index contributed by atoms with van der Waals surface area (Å²) in [5, 5.41) is 8.16. The topological polar surface area (TPSA) is 112 Å². The number of aromatic amines is 1. The highest BCUT2D eigenvalue weighted by Gasteiger charge is 2.39. The molecule has 2 atom stereocenters. The fraction of sp³-hybridized carbons (Fsp3) is 0.458. The number of H-pyrrole nitrogens is 1. The first kappa shape index (κ1) is 27.5. The fourth-order valence-electron chi connectivity index (χ4n) is 5.12. The Morgan fingerprint density at radius 3 is 2.33 bits per heavy atom. The molecule has 0 radical (unpaired) electrons. The number of alkyl halides is 6. The van der Waals surface area contributed by atoms with Crippen molar-refractivity contribution in [2.45, 2.75) is 43.7 Å². The molecule has 2 fully saturated rings. The van der Waals surface area contributed by atoms with Crippen molar-refractivity contribution in [3.05, 3.63) is 64.1 Å². The van der Waals surface area contributed by atoms with Gasteiger partial charge in [0, 0.05) is 57.0 Å². The standard InChI is InChI=1S/C24H24F6N8O2/c25-23(26,27)15-10-31-22(32-11-15)37-8-6-36(7-9-37)21(40)14-4-5-38(13-14)18-3-1-2-16(18)34-17-12-33-35-20(39)19(17)24(28,29)30/h4-5,10-13,16,18H,1-3,6-9H2,(H2,34,35,39). The van der Waals surface area contributed by atoms with Crippen molar-refractivity contribution in [1.29, 1.82) is 0 Å². The molecule has 5 rings (SSSR count). The van der Waals surface area contributed by atoms with Crippen LogP contribution in [0.2, 0.25) is 0 Å². The Balaban J connectivity index is 1.23. The normalized spacial score (nSPS) is 20.1. The molecular formula is C24H24F6N8O2. The molecule has 1 saturated heterocycles. The predicted octanol–water partition coefficient (Wildman–Crippen LogP) is 3.57. The molecule has 1 aliphatic heterocycles. The van der Waals surface area contributed by atoms with Crippen molar-refractivity contribution in [1.82, 2.24) is 29.6 Å². The molecule has 0 aromatic carbocycles. The van der Waals surface area contributed by atoms with Crippen LogP contribution in [0, 0.1) is 0 Å². The molecule has 1 amide bonds. The van der Waals surface area contributed by atoms with Crippen molar-refractivity contribution in [2.24, 2.45) is 0 Å². The van der Waals surface area contributed by atoms with Gasteiger partial charge in [-0.3, -0.25) is 9.59 Å². The van der Waals surface area contributed by atoms with Crippen molar-refractivity contribution in [3.63, 3.8) is 0 Å². The largest absolute Gasteiger partial charge is 0.423 e. The third-order valence-electron chi connectivity index (χ3n) is 7.12. The van der Waals surface area contributed by atoms with Crippen LogP contribution in [0.3, 0.4) is 0 Å². The monoisotopic (exact) mass is 570 g/mol. The Kier molecular flexibility index (Phi) is 7.18. The van der Waals surface area contributed by atoms with Gasteiger partial charge in [-0.2, -0.15) is 31.4 Å². The number of nitrogens with zero attached hydrogens (tertiary/aromatic N) is 6. The molecule has 1 aliphatic carbocycles. The molecule has 2 unspecified atom stereocenters. The number of amides is 1. The van der Waals surface area contributed by atoms with E-state index in [0.717, 1.165) is 25.0 Å². The van der Waals surface area contributed by atoms with Crippen molar-refractivity contribution >= 4 is 17.5 Å². The SMILES string of the molecule is O=C(c1ccn(C2CCCC2Nc2cn[nH]c(=O)c2C(F)(F)F)c1)N1CCN(c2ncc(C(F)(F)F)cn2)CC1. The summed E-state index contributed by atoms with van der Waals surface area (Å²) in [5.74, 6) is -0.0947. The van der Waals surface area contributed by atoms with E-state index >= 15 is 0 Å². The number of halogens is 6. The van der Waals surface area contributed by atoms with Gasteiger partial charge in [0.1, 0.15) is 5.56 Å². The number of anilines is 2. The van der Waals surface area contributed by atoms with Crippen LogP contribution in [0.15, 0.2) is 41.8 Å². The summed E-state index contributed by atoms with van der Waals surface area (Å²) in [7, 11) is 0. The maximum atomic E-state index is 13.5. The van der Waals surface area contributed by atoms with Gasteiger partial charge in [0.25, 0.3) is 11.5 Å². The van der Waals surface area contributed by atoms with Crippen LogP contribution in [-0.2, 0) is 12.4 Å². The average molecular weight is 570 g/mol. The Morgan fingerprint density at radius 1 is 0.975 bits per heavy atom. The Labute approximate surface area is 223 Å². The van der Waals surface area contributed by atoms with E-state index in [1.54, 1.807) is 32.8 Å². The van der Waals surface area contributed by atoms with E-state index in [4.69, 9.17) is 0 Å². The Morgan fingerprint density at radius 2 is 1.68 bits per heavy atom. The first-order valence-electron chi connectivity index (χ1n) is 12.4. The third kappa shape index (κ3) is 5.60. The highest BCUT2D eigenvalue weighted by atomic mass is 19.4. The van der Waals surface area contributed by atoms with Crippen molar-refractivity contribution < 1.29 is 31.1 Å². The lowest BCUT2D eigenvalue weighted by atomic mass is 10.1. The molecule has 0 spiro atoms. The molecule has 40 heavy (non-hydrogen) atoms. The number of hydrogen-bond donors (Lipinski definition) is 2. The Bertz CT molecular complexity index is 1410. The minimum absolute atomic E-state index is 0.148. The number of carbonyl (C=O) groups is 1. The van der Waals surface area contributed by atoms with Crippen molar-refractivity contribution in [3.8, 4) is 0 Å². The second-order valence-electron chi connectivity index (χ2n) is 9.63. The van der Waals surface area contributed by atoms with Gasteiger partial charge < -0.3 is 19.7 Å². The van der Waals surface area contributed by atoms with Gasteiger partial charge >= 0.3 is 12.4 Å². The summed E-state index contributed by atoms with van der Waals surface area (Å²) in [6, 6.07) is 0.960. The van der Waals surface area contributed by atoms with Crippen LogP contribution in [0.25, 0.3) is 0 Å². The molecule has 3 aromatic heterocycles.